The van der Waals surface area contributed by atoms with Gasteiger partial charge in [0.1, 0.15) is 4.99 Å². The molecule has 18 heavy (non-hydrogen) atoms. The molecule has 0 aliphatic rings. The van der Waals surface area contributed by atoms with Crippen molar-refractivity contribution in [3.05, 3.63) is 29.3 Å². The Morgan fingerprint density at radius 3 is 2.50 bits per heavy atom. The van der Waals surface area contributed by atoms with Crippen LogP contribution in [-0.4, -0.2) is 36.4 Å². The molecular formula is C11H13F2N3OS. The maximum Gasteiger partial charge on any atom is 0.241 e. The lowest BCUT2D eigenvalue weighted by atomic mass is 10.2. The van der Waals surface area contributed by atoms with Crippen LogP contribution in [0.4, 0.5) is 14.5 Å². The van der Waals surface area contributed by atoms with E-state index in [4.69, 9.17) is 5.73 Å². The highest BCUT2D eigenvalue weighted by molar-refractivity contribution is 7.80. The van der Waals surface area contributed by atoms with Crippen molar-refractivity contribution >= 4 is 28.8 Å². The molecule has 0 radical (unpaired) electrons. The molecule has 0 aliphatic carbocycles. The Balaban J connectivity index is 2.89. The van der Waals surface area contributed by atoms with Gasteiger partial charge in [0, 0.05) is 19.7 Å². The van der Waals surface area contributed by atoms with E-state index in [-0.39, 0.29) is 28.7 Å². The van der Waals surface area contributed by atoms with Crippen molar-refractivity contribution in [2.75, 3.05) is 26.0 Å². The molecule has 0 spiro atoms. The fourth-order valence-corrected chi connectivity index (χ4v) is 1.36. The molecule has 0 saturated carbocycles. The first-order valence-electron chi connectivity index (χ1n) is 5.06. The summed E-state index contributed by atoms with van der Waals surface area (Å²) in [5, 5.41) is 2.51. The quantitative estimate of drug-likeness (QED) is 0.807. The van der Waals surface area contributed by atoms with E-state index in [2.05, 4.69) is 17.5 Å². The number of thiocarbonyl (C=S) groups is 1. The first-order valence-corrected chi connectivity index (χ1v) is 5.47. The Labute approximate surface area is 109 Å². The first-order chi connectivity index (χ1) is 8.34. The third-order valence-electron chi connectivity index (χ3n) is 2.28. The summed E-state index contributed by atoms with van der Waals surface area (Å²) in [5.74, 6) is -2.48. The van der Waals surface area contributed by atoms with Gasteiger partial charge in [0.2, 0.25) is 5.91 Å². The molecule has 1 aromatic carbocycles. The zero-order chi connectivity index (χ0) is 13.9. The topological polar surface area (TPSA) is 58.4 Å². The summed E-state index contributed by atoms with van der Waals surface area (Å²) in [4.78, 5) is 12.4. The molecule has 98 valence electrons. The molecule has 0 bridgehead atoms. The predicted octanol–water partition coefficient (Wildman–Crippen LogP) is 1.10. The molecule has 1 rings (SSSR count). The summed E-state index contributed by atoms with van der Waals surface area (Å²) in [6.07, 6.45) is 0. The van der Waals surface area contributed by atoms with Gasteiger partial charge in [0.15, 0.2) is 11.6 Å². The number of carbonyl (C=O) groups is 1. The van der Waals surface area contributed by atoms with E-state index in [1.807, 2.05) is 0 Å². The minimum Gasteiger partial charge on any atom is -0.389 e. The number of carbonyl (C=O) groups excluding carboxylic acids is 1. The summed E-state index contributed by atoms with van der Waals surface area (Å²) >= 11 is 4.58. The number of rotatable bonds is 4. The number of hydrogen-bond acceptors (Lipinski definition) is 3. The number of benzene rings is 1. The number of nitrogens with zero attached hydrogens (tertiary/aromatic N) is 1. The number of amides is 1. The van der Waals surface area contributed by atoms with E-state index in [1.165, 1.54) is 17.0 Å². The molecule has 0 heterocycles. The molecule has 4 nitrogen and oxygen atoms in total. The maximum absolute atomic E-state index is 13.6. The normalized spacial score (nSPS) is 10.0. The second-order valence-corrected chi connectivity index (χ2v) is 4.23. The average molecular weight is 273 g/mol. The standard InChI is InChI=1S/C11H13F2N3OS/c1-16(2)8(17)5-15-7-4-3-6(11(14)18)9(12)10(7)13/h3-4,15H,5H2,1-2H3,(H2,14,18). The van der Waals surface area contributed by atoms with Gasteiger partial charge in [0.25, 0.3) is 0 Å². The maximum atomic E-state index is 13.6. The fraction of sp³-hybridized carbons (Fsp3) is 0.273. The third-order valence-corrected chi connectivity index (χ3v) is 2.50. The summed E-state index contributed by atoms with van der Waals surface area (Å²) in [5.41, 5.74) is 4.97. The van der Waals surface area contributed by atoms with Crippen LogP contribution in [0.25, 0.3) is 0 Å². The minimum absolute atomic E-state index is 0.109. The number of hydrogen-bond donors (Lipinski definition) is 2. The van der Waals surface area contributed by atoms with E-state index in [1.54, 1.807) is 14.1 Å². The molecule has 0 fully saturated rings. The molecule has 0 atom stereocenters. The number of likely N-dealkylation sites (N-methyl/N-ethyl adjacent to an activating group) is 1. The molecule has 0 unspecified atom stereocenters. The highest BCUT2D eigenvalue weighted by atomic mass is 32.1. The van der Waals surface area contributed by atoms with E-state index >= 15 is 0 Å². The van der Waals surface area contributed by atoms with E-state index in [0.717, 1.165) is 0 Å². The average Bonchev–Trinajstić information content (AvgIpc) is 2.30. The lowest BCUT2D eigenvalue weighted by Crippen LogP contribution is -2.29. The molecule has 1 aromatic rings. The van der Waals surface area contributed by atoms with Gasteiger partial charge in [-0.25, -0.2) is 8.78 Å². The highest BCUT2D eigenvalue weighted by Gasteiger charge is 2.15. The van der Waals surface area contributed by atoms with Crippen molar-refractivity contribution in [3.8, 4) is 0 Å². The molecule has 7 heteroatoms. The van der Waals surface area contributed by atoms with Crippen LogP contribution in [0, 0.1) is 11.6 Å². The second kappa shape index (κ2) is 5.72. The van der Waals surface area contributed by atoms with Gasteiger partial charge >= 0.3 is 0 Å². The monoisotopic (exact) mass is 273 g/mol. The molecule has 3 N–H and O–H groups in total. The van der Waals surface area contributed by atoms with Crippen LogP contribution in [0.5, 0.6) is 0 Å². The summed E-state index contributed by atoms with van der Waals surface area (Å²) < 4.78 is 27.1. The molecule has 0 saturated heterocycles. The van der Waals surface area contributed by atoms with E-state index < -0.39 is 11.6 Å². The van der Waals surface area contributed by atoms with Crippen LogP contribution < -0.4 is 11.1 Å². The Hall–Kier alpha value is -1.76. The van der Waals surface area contributed by atoms with Crippen LogP contribution >= 0.6 is 12.2 Å². The van der Waals surface area contributed by atoms with Crippen molar-refractivity contribution in [3.63, 3.8) is 0 Å². The number of nitrogens with one attached hydrogen (secondary N) is 1. The molecular weight excluding hydrogens is 260 g/mol. The van der Waals surface area contributed by atoms with Crippen LogP contribution in [0.2, 0.25) is 0 Å². The number of anilines is 1. The summed E-state index contributed by atoms with van der Waals surface area (Å²) in [6.45, 7) is -0.129. The second-order valence-electron chi connectivity index (χ2n) is 3.79. The van der Waals surface area contributed by atoms with Crippen LogP contribution in [0.1, 0.15) is 5.56 Å². The molecule has 1 amide bonds. The van der Waals surface area contributed by atoms with Crippen LogP contribution in [0.15, 0.2) is 12.1 Å². The van der Waals surface area contributed by atoms with Gasteiger partial charge in [-0.1, -0.05) is 12.2 Å². The van der Waals surface area contributed by atoms with Crippen LogP contribution in [0.3, 0.4) is 0 Å². The van der Waals surface area contributed by atoms with Gasteiger partial charge in [-0.3, -0.25) is 4.79 Å². The van der Waals surface area contributed by atoms with Gasteiger partial charge in [-0.15, -0.1) is 0 Å². The zero-order valence-electron chi connectivity index (χ0n) is 9.96. The largest absolute Gasteiger partial charge is 0.389 e. The summed E-state index contributed by atoms with van der Waals surface area (Å²) in [6, 6.07) is 2.55. The Morgan fingerprint density at radius 2 is 2.00 bits per heavy atom. The fourth-order valence-electron chi connectivity index (χ4n) is 1.21. The van der Waals surface area contributed by atoms with Crippen molar-refractivity contribution in [1.82, 2.24) is 4.90 Å². The van der Waals surface area contributed by atoms with Crippen molar-refractivity contribution in [2.24, 2.45) is 5.73 Å². The Kier molecular flexibility index (Phi) is 4.55. The first kappa shape index (κ1) is 14.3. The van der Waals surface area contributed by atoms with Gasteiger partial charge in [0.05, 0.1) is 12.2 Å². The minimum atomic E-state index is -1.12. The molecule has 0 aliphatic heterocycles. The lowest BCUT2D eigenvalue weighted by molar-refractivity contribution is -0.126. The van der Waals surface area contributed by atoms with Gasteiger partial charge in [-0.05, 0) is 12.1 Å². The predicted molar refractivity (Wildman–Crippen MR) is 69.4 cm³/mol. The number of nitrogens with two attached hydrogens (primary N) is 1. The Morgan fingerprint density at radius 1 is 1.39 bits per heavy atom. The van der Waals surface area contributed by atoms with E-state index in [9.17, 15) is 13.6 Å². The highest BCUT2D eigenvalue weighted by Crippen LogP contribution is 2.20. The Bertz CT molecular complexity index is 491. The van der Waals surface area contributed by atoms with Crippen molar-refractivity contribution in [2.45, 2.75) is 0 Å². The van der Waals surface area contributed by atoms with Gasteiger partial charge in [-0.2, -0.15) is 0 Å². The van der Waals surface area contributed by atoms with Crippen molar-refractivity contribution < 1.29 is 13.6 Å². The van der Waals surface area contributed by atoms with Gasteiger partial charge < -0.3 is 16.0 Å². The molecule has 0 aromatic heterocycles. The van der Waals surface area contributed by atoms with E-state index in [0.29, 0.717) is 0 Å². The lowest BCUT2D eigenvalue weighted by Gasteiger charge is -2.13. The smallest absolute Gasteiger partial charge is 0.241 e. The third kappa shape index (κ3) is 3.13. The number of halogens is 2. The zero-order valence-corrected chi connectivity index (χ0v) is 10.8. The van der Waals surface area contributed by atoms with Crippen molar-refractivity contribution in [1.29, 1.82) is 0 Å². The summed E-state index contributed by atoms with van der Waals surface area (Å²) in [7, 11) is 3.13. The van der Waals surface area contributed by atoms with Crippen LogP contribution in [-0.2, 0) is 4.79 Å². The SMILES string of the molecule is CN(C)C(=O)CNc1ccc(C(N)=S)c(F)c1F.